The average molecular weight is 387 g/mol. The summed E-state index contributed by atoms with van der Waals surface area (Å²) in [4.78, 5) is 18.4. The van der Waals surface area contributed by atoms with Crippen LogP contribution in [0.15, 0.2) is 42.6 Å². The molecule has 0 aliphatic carbocycles. The third-order valence-corrected chi connectivity index (χ3v) is 5.03. The van der Waals surface area contributed by atoms with Gasteiger partial charge in [-0.25, -0.2) is 19.9 Å². The lowest BCUT2D eigenvalue weighted by Crippen LogP contribution is -1.99. The monoisotopic (exact) mass is 387 g/mol. The molecule has 0 aliphatic heterocycles. The van der Waals surface area contributed by atoms with Gasteiger partial charge in [0.05, 0.1) is 11.2 Å². The fraction of sp³-hybridized carbons (Fsp3) is 0.143. The summed E-state index contributed by atoms with van der Waals surface area (Å²) in [6.45, 7) is 3.74. The summed E-state index contributed by atoms with van der Waals surface area (Å²) in [6, 6.07) is 11.4. The summed E-state index contributed by atoms with van der Waals surface area (Å²) in [5, 5.41) is 10.8. The Bertz CT molecular complexity index is 1240. The van der Waals surface area contributed by atoms with E-state index in [0.29, 0.717) is 27.7 Å². The molecule has 0 spiro atoms. The number of aryl methyl sites for hydroxylation is 2. The molecule has 0 aliphatic rings. The Morgan fingerprint density at radius 3 is 2.75 bits per heavy atom. The van der Waals surface area contributed by atoms with E-state index in [1.807, 2.05) is 43.3 Å². The van der Waals surface area contributed by atoms with Gasteiger partial charge in [0.1, 0.15) is 16.3 Å². The van der Waals surface area contributed by atoms with Crippen LogP contribution >= 0.6 is 11.3 Å². The van der Waals surface area contributed by atoms with Gasteiger partial charge in [-0.05, 0) is 38.1 Å². The molecular formula is C21H17N5OS. The van der Waals surface area contributed by atoms with Crippen LogP contribution in [0.5, 0.6) is 0 Å². The zero-order chi connectivity index (χ0) is 19.7. The Balaban J connectivity index is 1.66. The van der Waals surface area contributed by atoms with E-state index in [9.17, 15) is 5.11 Å². The molecule has 28 heavy (non-hydrogen) atoms. The number of hydrogen-bond donors (Lipinski definition) is 2. The molecule has 4 aromatic rings. The number of nitrogens with two attached hydrogens (primary N) is 1. The summed E-state index contributed by atoms with van der Waals surface area (Å²) >= 11 is 1.44. The molecule has 3 aromatic heterocycles. The van der Waals surface area contributed by atoms with E-state index in [0.717, 1.165) is 21.7 Å². The van der Waals surface area contributed by atoms with Gasteiger partial charge in [-0.1, -0.05) is 24.0 Å². The van der Waals surface area contributed by atoms with Gasteiger partial charge in [0.25, 0.3) is 0 Å². The first-order valence-electron chi connectivity index (χ1n) is 8.63. The zero-order valence-corrected chi connectivity index (χ0v) is 16.2. The van der Waals surface area contributed by atoms with E-state index in [4.69, 9.17) is 5.73 Å². The fourth-order valence-electron chi connectivity index (χ4n) is 2.79. The highest BCUT2D eigenvalue weighted by molar-refractivity contribution is 7.11. The first kappa shape index (κ1) is 18.0. The molecule has 7 heteroatoms. The summed E-state index contributed by atoms with van der Waals surface area (Å²) in [7, 11) is 0. The average Bonchev–Trinajstić information content (AvgIpc) is 3.12. The Labute approximate surface area is 166 Å². The van der Waals surface area contributed by atoms with Crippen LogP contribution in [0.3, 0.4) is 0 Å². The zero-order valence-electron chi connectivity index (χ0n) is 15.3. The van der Waals surface area contributed by atoms with E-state index < -0.39 is 6.10 Å². The predicted octanol–water partition coefficient (Wildman–Crippen LogP) is 3.43. The maximum atomic E-state index is 10.2. The van der Waals surface area contributed by atoms with Crippen LogP contribution in [0.25, 0.3) is 22.3 Å². The predicted molar refractivity (Wildman–Crippen MR) is 111 cm³/mol. The van der Waals surface area contributed by atoms with Crippen molar-refractivity contribution in [3.05, 3.63) is 63.9 Å². The molecule has 3 N–H and O–H groups in total. The number of aliphatic hydroxyl groups excluding tert-OH is 1. The lowest BCUT2D eigenvalue weighted by Gasteiger charge is -2.06. The minimum atomic E-state index is -0.902. The van der Waals surface area contributed by atoms with Gasteiger partial charge < -0.3 is 10.8 Å². The molecule has 138 valence electrons. The normalized spacial score (nSPS) is 11.8. The molecule has 0 radical (unpaired) electrons. The number of aliphatic hydroxyl groups is 1. The van der Waals surface area contributed by atoms with Gasteiger partial charge in [0.2, 0.25) is 0 Å². The van der Waals surface area contributed by atoms with Gasteiger partial charge in [-0.2, -0.15) is 0 Å². The molecule has 0 fully saturated rings. The summed E-state index contributed by atoms with van der Waals surface area (Å²) in [5.41, 5.74) is 9.73. The lowest BCUT2D eigenvalue weighted by molar-refractivity contribution is 0.238. The Morgan fingerprint density at radius 2 is 1.96 bits per heavy atom. The van der Waals surface area contributed by atoms with Crippen molar-refractivity contribution in [3.8, 4) is 23.1 Å². The number of aromatic nitrogens is 4. The minimum absolute atomic E-state index is 0.363. The second-order valence-electron chi connectivity index (χ2n) is 6.28. The number of anilines is 1. The van der Waals surface area contributed by atoms with Crippen LogP contribution in [0, 0.1) is 25.7 Å². The smallest absolute Gasteiger partial charge is 0.166 e. The second-order valence-corrected chi connectivity index (χ2v) is 7.55. The number of fused-ring (bicyclic) bond motifs is 1. The first-order chi connectivity index (χ1) is 13.5. The molecule has 0 unspecified atom stereocenters. The molecule has 4 rings (SSSR count). The summed E-state index contributed by atoms with van der Waals surface area (Å²) < 4.78 is 0. The fourth-order valence-corrected chi connectivity index (χ4v) is 3.50. The van der Waals surface area contributed by atoms with E-state index in [1.54, 1.807) is 13.1 Å². The Kier molecular flexibility index (Phi) is 4.74. The maximum Gasteiger partial charge on any atom is 0.166 e. The van der Waals surface area contributed by atoms with Crippen molar-refractivity contribution >= 4 is 28.2 Å². The highest BCUT2D eigenvalue weighted by Gasteiger charge is 2.09. The second kappa shape index (κ2) is 7.35. The van der Waals surface area contributed by atoms with Crippen LogP contribution in [-0.4, -0.2) is 25.0 Å². The quantitative estimate of drug-likeness (QED) is 0.511. The molecule has 0 bridgehead atoms. The minimum Gasteiger partial charge on any atom is -0.382 e. The third kappa shape index (κ3) is 3.69. The van der Waals surface area contributed by atoms with Crippen LogP contribution in [0.2, 0.25) is 0 Å². The molecule has 0 saturated heterocycles. The van der Waals surface area contributed by atoms with Crippen molar-refractivity contribution in [1.29, 1.82) is 0 Å². The molecule has 1 atom stereocenters. The Morgan fingerprint density at radius 1 is 1.11 bits per heavy atom. The number of pyridine rings is 1. The van der Waals surface area contributed by atoms with Crippen molar-refractivity contribution in [2.24, 2.45) is 0 Å². The van der Waals surface area contributed by atoms with Gasteiger partial charge in [-0.3, -0.25) is 0 Å². The van der Waals surface area contributed by atoms with Gasteiger partial charge in [-0.15, -0.1) is 11.3 Å². The Hall–Kier alpha value is -3.34. The lowest BCUT2D eigenvalue weighted by atomic mass is 10.1. The van der Waals surface area contributed by atoms with Crippen LogP contribution in [0.1, 0.15) is 27.4 Å². The number of hydrogen-bond acceptors (Lipinski definition) is 7. The molecule has 0 amide bonds. The van der Waals surface area contributed by atoms with E-state index in [2.05, 4.69) is 31.8 Å². The number of nitrogen functional groups attached to an aromatic ring is 1. The molecule has 1 aromatic carbocycles. The molecule has 6 nitrogen and oxygen atoms in total. The van der Waals surface area contributed by atoms with Crippen molar-refractivity contribution in [1.82, 2.24) is 19.9 Å². The SMILES string of the molecule is Cc1nc(N)c2nc(-c3cccc(C#C[C@H](O)c4ncc(C)s4)c3)ccc2n1. The van der Waals surface area contributed by atoms with Gasteiger partial charge in [0.15, 0.2) is 11.9 Å². The topological polar surface area (TPSA) is 97.8 Å². The number of benzene rings is 1. The number of rotatable bonds is 2. The number of nitrogens with zero attached hydrogens (tertiary/aromatic N) is 4. The highest BCUT2D eigenvalue weighted by Crippen LogP contribution is 2.24. The first-order valence-corrected chi connectivity index (χ1v) is 9.44. The van der Waals surface area contributed by atoms with Gasteiger partial charge >= 0.3 is 0 Å². The van der Waals surface area contributed by atoms with Crippen molar-refractivity contribution in [2.75, 3.05) is 5.73 Å². The molecule has 3 heterocycles. The van der Waals surface area contributed by atoms with Crippen LogP contribution in [-0.2, 0) is 0 Å². The van der Waals surface area contributed by atoms with Crippen molar-refractivity contribution in [2.45, 2.75) is 20.0 Å². The standard InChI is InChI=1S/C21H17N5OS/c1-12-11-23-21(28-12)18(27)9-6-14-4-3-5-15(10-14)16-7-8-17-19(26-16)20(22)25-13(2)24-17/h3-5,7-8,10-11,18,27H,1-2H3,(H2,22,24,25)/t18-/m0/s1. The van der Waals surface area contributed by atoms with Crippen molar-refractivity contribution < 1.29 is 5.11 Å². The van der Waals surface area contributed by atoms with Crippen molar-refractivity contribution in [3.63, 3.8) is 0 Å². The highest BCUT2D eigenvalue weighted by atomic mass is 32.1. The molecular weight excluding hydrogens is 370 g/mol. The largest absolute Gasteiger partial charge is 0.382 e. The molecule has 0 saturated carbocycles. The van der Waals surface area contributed by atoms with E-state index in [-0.39, 0.29) is 0 Å². The summed E-state index contributed by atoms with van der Waals surface area (Å²) in [6.07, 6.45) is 0.828. The maximum absolute atomic E-state index is 10.2. The third-order valence-electron chi connectivity index (χ3n) is 4.07. The number of thiazole rings is 1. The van der Waals surface area contributed by atoms with Crippen LogP contribution < -0.4 is 5.73 Å². The van der Waals surface area contributed by atoms with Crippen LogP contribution in [0.4, 0.5) is 5.82 Å². The van der Waals surface area contributed by atoms with Gasteiger partial charge in [0, 0.05) is 22.2 Å². The van der Waals surface area contributed by atoms with E-state index in [1.165, 1.54) is 11.3 Å². The van der Waals surface area contributed by atoms with E-state index >= 15 is 0 Å². The summed E-state index contributed by atoms with van der Waals surface area (Å²) in [5.74, 6) is 6.83.